The van der Waals surface area contributed by atoms with Crippen LogP contribution in [0.4, 0.5) is 11.4 Å². The lowest BCUT2D eigenvalue weighted by molar-refractivity contribution is 0.103. The molecule has 0 aliphatic heterocycles. The molecule has 1 aliphatic rings. The van der Waals surface area contributed by atoms with Gasteiger partial charge in [-0.2, -0.15) is 0 Å². The molecule has 1 saturated carbocycles. The predicted molar refractivity (Wildman–Crippen MR) is 152 cm³/mol. The molecule has 0 radical (unpaired) electrons. The van der Waals surface area contributed by atoms with Gasteiger partial charge in [-0.05, 0) is 99.9 Å². The molecule has 0 saturated heterocycles. The van der Waals surface area contributed by atoms with Gasteiger partial charge in [0.05, 0.1) is 0 Å². The highest BCUT2D eigenvalue weighted by molar-refractivity contribution is 6.09. The molecule has 3 nitrogen and oxygen atoms in total. The van der Waals surface area contributed by atoms with Gasteiger partial charge in [-0.15, -0.1) is 0 Å². The molecule has 0 N–H and O–H groups in total. The third-order valence-electron chi connectivity index (χ3n) is 8.29. The van der Waals surface area contributed by atoms with Crippen molar-refractivity contribution in [2.24, 2.45) is 11.8 Å². The lowest BCUT2D eigenvalue weighted by Crippen LogP contribution is -2.41. The fraction of sp³-hybridized carbons (Fsp3) is 0.594. The van der Waals surface area contributed by atoms with E-state index in [2.05, 4.69) is 75.6 Å². The molecule has 0 spiro atoms. The first-order valence-electron chi connectivity index (χ1n) is 14.2. The average Bonchev–Trinajstić information content (AvgIpc) is 2.89. The van der Waals surface area contributed by atoms with E-state index in [1.165, 1.54) is 49.9 Å². The number of hydrogen-bond donors (Lipinski definition) is 0. The molecule has 1 fully saturated rings. The zero-order valence-electron chi connectivity index (χ0n) is 23.1. The lowest BCUT2D eigenvalue weighted by atomic mass is 9.84. The third-order valence-corrected chi connectivity index (χ3v) is 8.29. The van der Waals surface area contributed by atoms with E-state index in [-0.39, 0.29) is 5.78 Å². The molecule has 2 aromatic carbocycles. The molecule has 0 amide bonds. The summed E-state index contributed by atoms with van der Waals surface area (Å²) in [4.78, 5) is 18.3. The van der Waals surface area contributed by atoms with Gasteiger partial charge in [0.15, 0.2) is 5.78 Å². The van der Waals surface area contributed by atoms with Crippen LogP contribution in [0.3, 0.4) is 0 Å². The van der Waals surface area contributed by atoms with Crippen LogP contribution in [-0.4, -0.2) is 31.0 Å². The monoisotopic (exact) mass is 476 g/mol. The number of anilines is 2. The van der Waals surface area contributed by atoms with E-state index in [1.807, 2.05) is 24.3 Å². The van der Waals surface area contributed by atoms with Gasteiger partial charge in [-0.3, -0.25) is 4.79 Å². The van der Waals surface area contributed by atoms with E-state index in [1.54, 1.807) is 0 Å². The van der Waals surface area contributed by atoms with Gasteiger partial charge in [0, 0.05) is 47.7 Å². The van der Waals surface area contributed by atoms with Gasteiger partial charge >= 0.3 is 0 Å². The van der Waals surface area contributed by atoms with Crippen LogP contribution >= 0.6 is 0 Å². The summed E-state index contributed by atoms with van der Waals surface area (Å²) < 4.78 is 0. The first-order chi connectivity index (χ1) is 16.9. The molecule has 35 heavy (non-hydrogen) atoms. The smallest absolute Gasteiger partial charge is 0.193 e. The highest BCUT2D eigenvalue weighted by atomic mass is 16.1. The normalized spacial score (nSPS) is 19.7. The van der Waals surface area contributed by atoms with E-state index in [9.17, 15) is 4.79 Å². The molecule has 3 rings (SSSR count). The Labute approximate surface area is 214 Å². The Balaban J connectivity index is 1.73. The Hall–Kier alpha value is -2.29. The Morgan fingerprint density at radius 2 is 1.43 bits per heavy atom. The van der Waals surface area contributed by atoms with Crippen molar-refractivity contribution in [3.63, 3.8) is 0 Å². The number of rotatable bonds is 12. The zero-order valence-corrected chi connectivity index (χ0v) is 23.1. The van der Waals surface area contributed by atoms with Gasteiger partial charge in [-0.25, -0.2) is 0 Å². The van der Waals surface area contributed by atoms with Crippen molar-refractivity contribution in [3.05, 3.63) is 59.7 Å². The van der Waals surface area contributed by atoms with Crippen molar-refractivity contribution >= 4 is 17.2 Å². The maximum atomic E-state index is 13.3. The van der Waals surface area contributed by atoms with Gasteiger partial charge in [0.25, 0.3) is 0 Å². The van der Waals surface area contributed by atoms with Gasteiger partial charge in [0.1, 0.15) is 0 Å². The Morgan fingerprint density at radius 3 is 1.91 bits per heavy atom. The number of benzene rings is 2. The molecule has 1 aliphatic carbocycles. The molecular weight excluding hydrogens is 428 g/mol. The van der Waals surface area contributed by atoms with E-state index < -0.39 is 0 Å². The minimum absolute atomic E-state index is 0.103. The van der Waals surface area contributed by atoms with E-state index >= 15 is 0 Å². The van der Waals surface area contributed by atoms with Crippen LogP contribution in [0, 0.1) is 11.8 Å². The number of nitrogens with zero attached hydrogens (tertiary/aromatic N) is 2. The minimum atomic E-state index is 0.103. The fourth-order valence-electron chi connectivity index (χ4n) is 6.33. The second-order valence-corrected chi connectivity index (χ2v) is 10.6. The van der Waals surface area contributed by atoms with Crippen LogP contribution in [0.25, 0.3) is 0 Å². The second-order valence-electron chi connectivity index (χ2n) is 10.6. The highest BCUT2D eigenvalue weighted by Gasteiger charge is 2.27. The summed E-state index contributed by atoms with van der Waals surface area (Å²) in [5.41, 5.74) is 3.99. The number of ketones is 1. The van der Waals surface area contributed by atoms with Crippen LogP contribution in [0.1, 0.15) is 102 Å². The quantitative estimate of drug-likeness (QED) is 0.287. The van der Waals surface area contributed by atoms with Crippen molar-refractivity contribution in [2.75, 3.05) is 22.9 Å². The number of hydrogen-bond acceptors (Lipinski definition) is 3. The first kappa shape index (κ1) is 27.3. The summed E-state index contributed by atoms with van der Waals surface area (Å²) in [7, 11) is 0. The maximum absolute atomic E-state index is 13.3. The Morgan fingerprint density at radius 1 is 0.857 bits per heavy atom. The van der Waals surface area contributed by atoms with Gasteiger partial charge in [-0.1, -0.05) is 47.0 Å². The predicted octanol–water partition coefficient (Wildman–Crippen LogP) is 8.36. The van der Waals surface area contributed by atoms with E-state index in [4.69, 9.17) is 0 Å². The van der Waals surface area contributed by atoms with Crippen molar-refractivity contribution in [3.8, 4) is 0 Å². The van der Waals surface area contributed by atoms with E-state index in [0.717, 1.165) is 36.6 Å². The largest absolute Gasteiger partial charge is 0.369 e. The lowest BCUT2D eigenvalue weighted by Gasteiger charge is -2.39. The van der Waals surface area contributed by atoms with Crippen molar-refractivity contribution < 1.29 is 4.79 Å². The van der Waals surface area contributed by atoms with E-state index in [0.29, 0.717) is 18.0 Å². The topological polar surface area (TPSA) is 23.6 Å². The molecule has 3 heteroatoms. The molecule has 4 atom stereocenters. The third kappa shape index (κ3) is 6.48. The molecule has 0 heterocycles. The standard InChI is InChI=1S/C32H48N2O/c1-7-13-24(5)30(8-2)33(9-3)28-20-16-26(17-21-28)32(35)27-18-22-29(23-19-27)34(10-4)31-15-12-11-14-25(31)6/h16-25,30-31H,7-15H2,1-6H3. The summed E-state index contributed by atoms with van der Waals surface area (Å²) in [6.07, 6.45) is 8.87. The van der Waals surface area contributed by atoms with Crippen molar-refractivity contribution in [1.82, 2.24) is 0 Å². The number of carbonyl (C=O) groups is 1. The van der Waals surface area contributed by atoms with Crippen molar-refractivity contribution in [1.29, 1.82) is 0 Å². The average molecular weight is 477 g/mol. The molecule has 0 bridgehead atoms. The Kier molecular flexibility index (Phi) is 10.2. The second kappa shape index (κ2) is 13.1. The van der Waals surface area contributed by atoms with Crippen LogP contribution in [0.15, 0.2) is 48.5 Å². The summed E-state index contributed by atoms with van der Waals surface area (Å²) in [6.45, 7) is 15.8. The minimum Gasteiger partial charge on any atom is -0.369 e. The summed E-state index contributed by atoms with van der Waals surface area (Å²) in [5.74, 6) is 1.49. The van der Waals surface area contributed by atoms with Crippen LogP contribution in [0.2, 0.25) is 0 Å². The molecule has 4 unspecified atom stereocenters. The molecule has 2 aromatic rings. The summed E-state index contributed by atoms with van der Waals surface area (Å²) in [5, 5.41) is 0. The highest BCUT2D eigenvalue weighted by Crippen LogP contribution is 2.32. The maximum Gasteiger partial charge on any atom is 0.193 e. The van der Waals surface area contributed by atoms with Crippen LogP contribution in [-0.2, 0) is 0 Å². The first-order valence-corrected chi connectivity index (χ1v) is 14.2. The SMILES string of the molecule is CCCC(C)C(CC)N(CC)c1ccc(C(=O)c2ccc(N(CC)C3CCCCC3C)cc2)cc1. The fourth-order valence-corrected chi connectivity index (χ4v) is 6.33. The molecular formula is C32H48N2O. The molecule has 192 valence electrons. The zero-order chi connectivity index (χ0) is 25.4. The van der Waals surface area contributed by atoms with Gasteiger partial charge in [0.2, 0.25) is 0 Å². The Bertz CT molecular complexity index is 904. The van der Waals surface area contributed by atoms with Gasteiger partial charge < -0.3 is 9.80 Å². The number of carbonyl (C=O) groups excluding carboxylic acids is 1. The van der Waals surface area contributed by atoms with Crippen molar-refractivity contribution in [2.45, 2.75) is 98.6 Å². The van der Waals surface area contributed by atoms with Crippen LogP contribution in [0.5, 0.6) is 0 Å². The molecule has 0 aromatic heterocycles. The summed E-state index contributed by atoms with van der Waals surface area (Å²) >= 11 is 0. The van der Waals surface area contributed by atoms with Crippen LogP contribution < -0.4 is 9.80 Å². The summed E-state index contributed by atoms with van der Waals surface area (Å²) in [6, 6.07) is 17.7.